The van der Waals surface area contributed by atoms with Gasteiger partial charge in [0, 0.05) is 3.57 Å². The molecular weight excluding hydrogens is 494 g/mol. The number of benzene rings is 1. The third-order valence-electron chi connectivity index (χ3n) is 2.22. The molecule has 0 bridgehead atoms. The van der Waals surface area contributed by atoms with E-state index >= 15 is 0 Å². The molecule has 0 aliphatic rings. The predicted molar refractivity (Wildman–Crippen MR) is 86.3 cm³/mol. The number of carbonyl (C=O) groups is 3. The van der Waals surface area contributed by atoms with Gasteiger partial charge in [0.25, 0.3) is 5.91 Å². The van der Waals surface area contributed by atoms with Gasteiger partial charge in [-0.3, -0.25) is 14.4 Å². The van der Waals surface area contributed by atoms with Gasteiger partial charge in [-0.2, -0.15) is 0 Å². The van der Waals surface area contributed by atoms with Crippen LogP contribution in [0.3, 0.4) is 0 Å². The summed E-state index contributed by atoms with van der Waals surface area (Å²) in [6, 6.07) is 3.07. The number of aliphatic carboxylic acids is 1. The molecule has 0 saturated carbocycles. The molecule has 0 radical (unpaired) electrons. The molecule has 108 valence electrons. The number of amides is 2. The van der Waals surface area contributed by atoms with E-state index in [1.54, 1.807) is 6.07 Å². The maximum absolute atomic E-state index is 12.2. The lowest BCUT2D eigenvalue weighted by Crippen LogP contribution is -2.41. The third-order valence-corrected chi connectivity index (χ3v) is 3.66. The maximum atomic E-state index is 12.2. The highest BCUT2D eigenvalue weighted by Gasteiger charge is 2.24. The number of phenols is 1. The first-order valence-corrected chi connectivity index (χ1v) is 7.35. The Kier molecular flexibility index (Phi) is 5.98. The number of nitrogens with zero attached hydrogens (tertiary/aromatic N) is 1. The quantitative estimate of drug-likeness (QED) is 0.508. The first kappa shape index (κ1) is 16.9. The minimum Gasteiger partial charge on any atom is -0.506 e. The summed E-state index contributed by atoms with van der Waals surface area (Å²) >= 11 is 3.81. The molecule has 2 amide bonds. The Hall–Kier alpha value is -1.11. The van der Waals surface area contributed by atoms with Crippen LogP contribution >= 0.6 is 45.2 Å². The second kappa shape index (κ2) is 7.06. The van der Waals surface area contributed by atoms with Crippen LogP contribution in [-0.4, -0.2) is 46.0 Å². The van der Waals surface area contributed by atoms with E-state index in [4.69, 9.17) is 10.8 Å². The molecule has 0 aliphatic heterocycles. The van der Waals surface area contributed by atoms with E-state index in [-0.39, 0.29) is 11.3 Å². The van der Waals surface area contributed by atoms with Crippen molar-refractivity contribution in [3.8, 4) is 5.75 Å². The molecule has 1 aromatic carbocycles. The predicted octanol–water partition coefficient (Wildman–Crippen LogP) is 0.613. The minimum absolute atomic E-state index is 0.0659. The zero-order chi connectivity index (χ0) is 15.4. The molecule has 20 heavy (non-hydrogen) atoms. The molecule has 0 aliphatic carbocycles. The van der Waals surface area contributed by atoms with E-state index in [9.17, 15) is 19.5 Å². The Balaban J connectivity index is 3.17. The summed E-state index contributed by atoms with van der Waals surface area (Å²) < 4.78 is 1.15. The van der Waals surface area contributed by atoms with E-state index in [1.807, 2.05) is 45.2 Å². The zero-order valence-electron chi connectivity index (χ0n) is 9.97. The summed E-state index contributed by atoms with van der Waals surface area (Å²) in [6.45, 7) is -1.21. The van der Waals surface area contributed by atoms with E-state index in [1.165, 1.54) is 6.07 Å². The average Bonchev–Trinajstić information content (AvgIpc) is 2.30. The van der Waals surface area contributed by atoms with Crippen LogP contribution in [0.4, 0.5) is 0 Å². The van der Waals surface area contributed by atoms with Gasteiger partial charge in [0.1, 0.15) is 18.8 Å². The lowest BCUT2D eigenvalue weighted by Gasteiger charge is -2.20. The Morgan fingerprint density at radius 3 is 2.30 bits per heavy atom. The van der Waals surface area contributed by atoms with Crippen molar-refractivity contribution < 1.29 is 24.6 Å². The number of rotatable bonds is 5. The van der Waals surface area contributed by atoms with E-state index in [0.717, 1.165) is 4.90 Å². The molecule has 0 heterocycles. The highest BCUT2D eigenvalue weighted by atomic mass is 127. The summed E-state index contributed by atoms with van der Waals surface area (Å²) in [5.74, 6) is -3.13. The van der Waals surface area contributed by atoms with Gasteiger partial charge < -0.3 is 20.8 Å². The van der Waals surface area contributed by atoms with Crippen molar-refractivity contribution >= 4 is 63.0 Å². The normalized spacial score (nSPS) is 10.1. The smallest absolute Gasteiger partial charge is 0.323 e. The molecule has 0 atom stereocenters. The summed E-state index contributed by atoms with van der Waals surface area (Å²) in [7, 11) is 0. The molecule has 0 aromatic heterocycles. The zero-order valence-corrected chi connectivity index (χ0v) is 14.3. The van der Waals surface area contributed by atoms with Crippen molar-refractivity contribution in [3.05, 3.63) is 24.8 Å². The van der Waals surface area contributed by atoms with Crippen LogP contribution < -0.4 is 5.73 Å². The van der Waals surface area contributed by atoms with Crippen LogP contribution in [0.15, 0.2) is 12.1 Å². The fraction of sp³-hybridized carbons (Fsp3) is 0.182. The molecule has 0 saturated heterocycles. The van der Waals surface area contributed by atoms with Crippen molar-refractivity contribution in [2.75, 3.05) is 13.1 Å². The Morgan fingerprint density at radius 1 is 1.20 bits per heavy atom. The second-order valence-corrected chi connectivity index (χ2v) is 6.21. The summed E-state index contributed by atoms with van der Waals surface area (Å²) in [4.78, 5) is 34.6. The number of phenolic OH excluding ortho intramolecular Hbond substituents is 1. The highest BCUT2D eigenvalue weighted by Crippen LogP contribution is 2.28. The topological polar surface area (TPSA) is 121 Å². The van der Waals surface area contributed by atoms with E-state index in [0.29, 0.717) is 7.14 Å². The van der Waals surface area contributed by atoms with Crippen molar-refractivity contribution in [2.24, 2.45) is 5.73 Å². The van der Waals surface area contributed by atoms with Crippen LogP contribution in [0.25, 0.3) is 0 Å². The monoisotopic (exact) mass is 504 g/mol. The molecule has 0 fully saturated rings. The van der Waals surface area contributed by atoms with Crippen LogP contribution in [0, 0.1) is 7.14 Å². The first-order valence-electron chi connectivity index (χ1n) is 5.19. The van der Waals surface area contributed by atoms with Gasteiger partial charge in [-0.05, 0) is 57.3 Å². The van der Waals surface area contributed by atoms with E-state index in [2.05, 4.69) is 0 Å². The first-order chi connectivity index (χ1) is 9.22. The molecule has 9 heteroatoms. The largest absolute Gasteiger partial charge is 0.506 e. The molecule has 7 nitrogen and oxygen atoms in total. The number of carboxylic acids is 1. The van der Waals surface area contributed by atoms with Crippen LogP contribution in [0.1, 0.15) is 10.4 Å². The third kappa shape index (κ3) is 4.47. The Bertz CT molecular complexity index is 560. The van der Waals surface area contributed by atoms with Crippen LogP contribution in [-0.2, 0) is 9.59 Å². The molecule has 0 spiro atoms. The van der Waals surface area contributed by atoms with Gasteiger partial charge in [0.2, 0.25) is 5.91 Å². The number of carbonyl (C=O) groups excluding carboxylic acids is 2. The number of primary amides is 1. The number of aromatic hydroxyl groups is 1. The second-order valence-electron chi connectivity index (χ2n) is 3.81. The Labute approximate surface area is 141 Å². The van der Waals surface area contributed by atoms with Crippen LogP contribution in [0.2, 0.25) is 0 Å². The van der Waals surface area contributed by atoms with Crippen LogP contribution in [0.5, 0.6) is 5.75 Å². The molecule has 4 N–H and O–H groups in total. The SMILES string of the molecule is NC(=O)CN(CC(=O)O)C(=O)c1cc(I)cc(I)c1O. The molecular formula is C11H10I2N2O5. The summed E-state index contributed by atoms with van der Waals surface area (Å²) in [6.07, 6.45) is 0. The lowest BCUT2D eigenvalue weighted by molar-refractivity contribution is -0.138. The number of nitrogens with two attached hydrogens (primary N) is 1. The average molecular weight is 504 g/mol. The highest BCUT2D eigenvalue weighted by molar-refractivity contribution is 14.1. The van der Waals surface area contributed by atoms with Gasteiger partial charge in [-0.1, -0.05) is 0 Å². The molecule has 1 rings (SSSR count). The number of hydrogen-bond donors (Lipinski definition) is 3. The molecule has 1 aromatic rings. The summed E-state index contributed by atoms with van der Waals surface area (Å²) in [5.41, 5.74) is 4.93. The van der Waals surface area contributed by atoms with Crippen molar-refractivity contribution in [2.45, 2.75) is 0 Å². The Morgan fingerprint density at radius 2 is 1.80 bits per heavy atom. The lowest BCUT2D eigenvalue weighted by atomic mass is 10.1. The minimum atomic E-state index is -1.28. The number of carboxylic acid groups (broad SMARTS) is 1. The van der Waals surface area contributed by atoms with Crippen molar-refractivity contribution in [1.82, 2.24) is 4.90 Å². The van der Waals surface area contributed by atoms with Gasteiger partial charge >= 0.3 is 5.97 Å². The number of hydrogen-bond acceptors (Lipinski definition) is 4. The fourth-order valence-corrected chi connectivity index (χ4v) is 3.29. The van der Waals surface area contributed by atoms with Gasteiger partial charge in [-0.15, -0.1) is 0 Å². The van der Waals surface area contributed by atoms with E-state index < -0.39 is 30.9 Å². The van der Waals surface area contributed by atoms with Gasteiger partial charge in [-0.25, -0.2) is 0 Å². The van der Waals surface area contributed by atoms with Gasteiger partial charge in [0.05, 0.1) is 9.13 Å². The molecule has 0 unspecified atom stereocenters. The summed E-state index contributed by atoms with van der Waals surface area (Å²) in [5, 5.41) is 18.6. The van der Waals surface area contributed by atoms with Crippen molar-refractivity contribution in [3.63, 3.8) is 0 Å². The fourth-order valence-electron chi connectivity index (χ4n) is 1.45. The van der Waals surface area contributed by atoms with Gasteiger partial charge in [0.15, 0.2) is 0 Å². The maximum Gasteiger partial charge on any atom is 0.323 e. The standard InChI is InChI=1S/C11H10I2N2O5/c12-5-1-6(10(19)7(13)2-5)11(20)15(3-8(14)16)4-9(17)18/h1-2,19H,3-4H2,(H2,14,16)(H,17,18). The number of halogens is 2. The van der Waals surface area contributed by atoms with Crippen molar-refractivity contribution in [1.29, 1.82) is 0 Å².